The van der Waals surface area contributed by atoms with Crippen molar-refractivity contribution in [1.82, 2.24) is 10.2 Å². The second-order valence-corrected chi connectivity index (χ2v) is 7.78. The van der Waals surface area contributed by atoms with E-state index in [9.17, 15) is 9.59 Å². The number of ether oxygens (including phenoxy) is 2. The molecule has 1 unspecified atom stereocenters. The molecule has 1 saturated heterocycles. The molecule has 2 aromatic rings. The van der Waals surface area contributed by atoms with E-state index in [2.05, 4.69) is 39.2 Å². The summed E-state index contributed by atoms with van der Waals surface area (Å²) < 4.78 is 10.9. The van der Waals surface area contributed by atoms with Gasteiger partial charge in [0, 0.05) is 19.0 Å². The minimum absolute atomic E-state index is 0.144. The summed E-state index contributed by atoms with van der Waals surface area (Å²) in [6, 6.07) is 15.8. The van der Waals surface area contributed by atoms with Gasteiger partial charge in [0.1, 0.15) is 5.75 Å². The van der Waals surface area contributed by atoms with Crippen molar-refractivity contribution in [3.63, 3.8) is 0 Å². The second-order valence-electron chi connectivity index (χ2n) is 7.78. The maximum absolute atomic E-state index is 12.9. The first-order valence-corrected chi connectivity index (χ1v) is 10.2. The van der Waals surface area contributed by atoms with Gasteiger partial charge in [0.25, 0.3) is 5.91 Å². The first-order chi connectivity index (χ1) is 14.6. The maximum atomic E-state index is 12.9. The smallest absolute Gasteiger partial charge is 0.330 e. The molecule has 2 aliphatic rings. The highest BCUT2D eigenvalue weighted by molar-refractivity contribution is 5.99. The number of hydrogen-bond donors (Lipinski definition) is 1. The summed E-state index contributed by atoms with van der Waals surface area (Å²) in [4.78, 5) is 26.5. The van der Waals surface area contributed by atoms with Crippen molar-refractivity contribution in [2.45, 2.75) is 25.0 Å². The number of nitrogens with one attached hydrogen (secondary N) is 1. The summed E-state index contributed by atoms with van der Waals surface area (Å²) in [7, 11) is 1.33. The van der Waals surface area contributed by atoms with Gasteiger partial charge in [-0.05, 0) is 48.7 Å². The predicted molar refractivity (Wildman–Crippen MR) is 114 cm³/mol. The number of rotatable bonds is 5. The molecule has 156 valence electrons. The average Bonchev–Trinajstić information content (AvgIpc) is 2.77. The highest BCUT2D eigenvalue weighted by Crippen LogP contribution is 2.33. The van der Waals surface area contributed by atoms with E-state index in [-0.39, 0.29) is 5.91 Å². The highest BCUT2D eigenvalue weighted by atomic mass is 16.5. The van der Waals surface area contributed by atoms with Crippen LogP contribution in [0.3, 0.4) is 0 Å². The second kappa shape index (κ2) is 8.71. The Morgan fingerprint density at radius 1 is 1.27 bits per heavy atom. The topological polar surface area (TPSA) is 67.9 Å². The summed E-state index contributed by atoms with van der Waals surface area (Å²) in [6.45, 7) is 2.59. The van der Waals surface area contributed by atoms with Crippen molar-refractivity contribution in [3.8, 4) is 5.75 Å². The Labute approximate surface area is 176 Å². The van der Waals surface area contributed by atoms with Gasteiger partial charge in [-0.1, -0.05) is 36.4 Å². The molecule has 6 heteroatoms. The van der Waals surface area contributed by atoms with E-state index in [1.54, 1.807) is 18.2 Å². The van der Waals surface area contributed by atoms with Crippen LogP contribution >= 0.6 is 0 Å². The maximum Gasteiger partial charge on any atom is 0.330 e. The number of hydrogen-bond acceptors (Lipinski definition) is 5. The average molecular weight is 406 g/mol. The molecule has 0 radical (unpaired) electrons. The lowest BCUT2D eigenvalue weighted by Gasteiger charge is -2.45. The van der Waals surface area contributed by atoms with E-state index in [0.717, 1.165) is 37.9 Å². The lowest BCUT2D eigenvalue weighted by Crippen LogP contribution is -2.64. The van der Waals surface area contributed by atoms with Crippen LogP contribution in [0.4, 0.5) is 0 Å². The van der Waals surface area contributed by atoms with Crippen molar-refractivity contribution in [2.75, 3.05) is 26.7 Å². The summed E-state index contributed by atoms with van der Waals surface area (Å²) in [5, 5.41) is 3.10. The minimum Gasteiger partial charge on any atom is -0.466 e. The van der Waals surface area contributed by atoms with Gasteiger partial charge in [-0.25, -0.2) is 4.79 Å². The Kier molecular flexibility index (Phi) is 5.86. The third kappa shape index (κ3) is 4.54. The van der Waals surface area contributed by atoms with Crippen LogP contribution in [-0.4, -0.2) is 49.2 Å². The molecule has 4 rings (SSSR count). The fourth-order valence-electron chi connectivity index (χ4n) is 4.08. The number of methoxy groups -OCH3 is 1. The summed E-state index contributed by atoms with van der Waals surface area (Å²) in [6.07, 6.45) is 5.66. The molecule has 2 aromatic carbocycles. The number of likely N-dealkylation sites (tertiary alicyclic amines) is 1. The van der Waals surface area contributed by atoms with Crippen LogP contribution < -0.4 is 10.1 Å². The third-order valence-corrected chi connectivity index (χ3v) is 5.60. The normalized spacial score (nSPS) is 21.2. The van der Waals surface area contributed by atoms with E-state index in [4.69, 9.17) is 4.74 Å². The van der Waals surface area contributed by atoms with Gasteiger partial charge >= 0.3 is 5.97 Å². The van der Waals surface area contributed by atoms with E-state index in [1.807, 2.05) is 12.1 Å². The molecule has 1 spiro atoms. The zero-order valence-electron chi connectivity index (χ0n) is 17.1. The van der Waals surface area contributed by atoms with Crippen molar-refractivity contribution in [2.24, 2.45) is 0 Å². The van der Waals surface area contributed by atoms with Gasteiger partial charge in [-0.3, -0.25) is 9.69 Å². The van der Waals surface area contributed by atoms with Crippen LogP contribution in [0.25, 0.3) is 6.08 Å². The number of nitrogens with zero attached hydrogens (tertiary/aromatic N) is 1. The van der Waals surface area contributed by atoms with Gasteiger partial charge in [-0.15, -0.1) is 0 Å². The van der Waals surface area contributed by atoms with E-state index < -0.39 is 11.7 Å². The molecule has 1 amide bonds. The fraction of sp³-hybridized carbons (Fsp3) is 0.333. The molecule has 1 N–H and O–H groups in total. The molecule has 1 fully saturated rings. The van der Waals surface area contributed by atoms with Crippen LogP contribution in [0.15, 0.2) is 54.6 Å². The van der Waals surface area contributed by atoms with Crippen LogP contribution in [0.5, 0.6) is 5.75 Å². The summed E-state index contributed by atoms with van der Waals surface area (Å²) in [5.41, 5.74) is 1.84. The first kappa shape index (κ1) is 20.2. The molecule has 2 heterocycles. The Bertz CT molecular complexity index is 957. The molecule has 30 heavy (non-hydrogen) atoms. The van der Waals surface area contributed by atoms with Gasteiger partial charge < -0.3 is 14.8 Å². The first-order valence-electron chi connectivity index (χ1n) is 10.2. The SMILES string of the molecule is COC(=O)C=Cc1ccc2c(c1)C(=O)NC1(CCCN(CCc3ccccc3)C1)O2. The molecule has 0 bridgehead atoms. The molecule has 2 aliphatic heterocycles. The van der Waals surface area contributed by atoms with Gasteiger partial charge in [0.05, 0.1) is 19.2 Å². The Hall–Kier alpha value is -3.12. The molecular weight excluding hydrogens is 380 g/mol. The lowest BCUT2D eigenvalue weighted by molar-refractivity contribution is -0.134. The Balaban J connectivity index is 1.45. The molecule has 0 aliphatic carbocycles. The van der Waals surface area contributed by atoms with Crippen molar-refractivity contribution < 1.29 is 19.1 Å². The lowest BCUT2D eigenvalue weighted by atomic mass is 9.97. The Morgan fingerprint density at radius 3 is 2.90 bits per heavy atom. The van der Waals surface area contributed by atoms with Crippen molar-refractivity contribution in [3.05, 3.63) is 71.3 Å². The predicted octanol–water partition coefficient (Wildman–Crippen LogP) is 3.03. The van der Waals surface area contributed by atoms with Gasteiger partial charge in [-0.2, -0.15) is 0 Å². The zero-order valence-corrected chi connectivity index (χ0v) is 17.1. The minimum atomic E-state index is -0.692. The molecule has 6 nitrogen and oxygen atoms in total. The molecule has 0 saturated carbocycles. The van der Waals surface area contributed by atoms with Crippen LogP contribution in [-0.2, 0) is 16.0 Å². The molecule has 0 aromatic heterocycles. The monoisotopic (exact) mass is 406 g/mol. The molecule has 1 atom stereocenters. The van der Waals surface area contributed by atoms with Crippen LogP contribution in [0, 0.1) is 0 Å². The van der Waals surface area contributed by atoms with Gasteiger partial charge in [0.2, 0.25) is 0 Å². The van der Waals surface area contributed by atoms with E-state index in [1.165, 1.54) is 18.7 Å². The van der Waals surface area contributed by atoms with Crippen LogP contribution in [0.2, 0.25) is 0 Å². The van der Waals surface area contributed by atoms with Gasteiger partial charge in [0.15, 0.2) is 5.72 Å². The number of carbonyl (C=O) groups is 2. The summed E-state index contributed by atoms with van der Waals surface area (Å²) >= 11 is 0. The van der Waals surface area contributed by atoms with Crippen molar-refractivity contribution >= 4 is 18.0 Å². The number of piperidine rings is 1. The number of benzene rings is 2. The number of esters is 1. The fourth-order valence-corrected chi connectivity index (χ4v) is 4.08. The summed E-state index contributed by atoms with van der Waals surface area (Å²) in [5.74, 6) is -0.00136. The zero-order chi connectivity index (χ0) is 21.0. The number of fused-ring (bicyclic) bond motifs is 1. The largest absolute Gasteiger partial charge is 0.466 e. The number of carbonyl (C=O) groups excluding carboxylic acids is 2. The van der Waals surface area contributed by atoms with Crippen LogP contribution in [0.1, 0.15) is 34.3 Å². The standard InChI is InChI=1S/C24H26N2O4/c1-29-22(27)11-9-19-8-10-21-20(16-19)23(28)25-24(30-21)13-5-14-26(17-24)15-12-18-6-3-2-4-7-18/h2-4,6-11,16H,5,12-15,17H2,1H3,(H,25,28). The third-order valence-electron chi connectivity index (χ3n) is 5.60. The Morgan fingerprint density at radius 2 is 2.10 bits per heavy atom. The molecular formula is C24H26N2O4. The highest BCUT2D eigenvalue weighted by Gasteiger charge is 2.43. The van der Waals surface area contributed by atoms with E-state index in [0.29, 0.717) is 17.9 Å². The van der Waals surface area contributed by atoms with Crippen molar-refractivity contribution in [1.29, 1.82) is 0 Å². The quantitative estimate of drug-likeness (QED) is 0.611. The number of amides is 1. The van der Waals surface area contributed by atoms with E-state index >= 15 is 0 Å².